The molecule has 0 unspecified atom stereocenters. The van der Waals surface area contributed by atoms with Gasteiger partial charge in [0.1, 0.15) is 17.8 Å². The van der Waals surface area contributed by atoms with Crippen LogP contribution in [0.5, 0.6) is 5.75 Å². The normalized spacial score (nSPS) is 11.2. The van der Waals surface area contributed by atoms with Crippen LogP contribution in [0.4, 0.5) is 24.7 Å². The van der Waals surface area contributed by atoms with Crippen LogP contribution < -0.4 is 10.5 Å². The number of rotatable bonds is 3. The summed E-state index contributed by atoms with van der Waals surface area (Å²) in [5.41, 5.74) is 5.15. The summed E-state index contributed by atoms with van der Waals surface area (Å²) in [6.45, 7) is 0. The van der Waals surface area contributed by atoms with E-state index in [1.165, 1.54) is 18.2 Å². The van der Waals surface area contributed by atoms with Gasteiger partial charge in [0.15, 0.2) is 0 Å². The van der Waals surface area contributed by atoms with Gasteiger partial charge in [-0.1, -0.05) is 18.2 Å². The van der Waals surface area contributed by atoms with Crippen LogP contribution in [0.15, 0.2) is 36.5 Å². The van der Waals surface area contributed by atoms with Crippen molar-refractivity contribution in [2.24, 2.45) is 0 Å². The van der Waals surface area contributed by atoms with Gasteiger partial charge in [-0.15, -0.1) is 13.2 Å². The van der Waals surface area contributed by atoms with E-state index in [1.54, 1.807) is 0 Å². The van der Waals surface area contributed by atoms with Gasteiger partial charge in [0.05, 0.1) is 4.92 Å². The molecule has 1 heterocycles. The lowest BCUT2D eigenvalue weighted by Crippen LogP contribution is -2.17. The first kappa shape index (κ1) is 14.6. The second-order valence-electron chi connectivity index (χ2n) is 3.93. The molecule has 0 atom stereocenters. The van der Waals surface area contributed by atoms with Crippen molar-refractivity contribution in [3.63, 3.8) is 0 Å². The van der Waals surface area contributed by atoms with Crippen LogP contribution >= 0.6 is 0 Å². The van der Waals surface area contributed by atoms with E-state index in [9.17, 15) is 23.3 Å². The molecule has 0 saturated carbocycles. The van der Waals surface area contributed by atoms with E-state index in [2.05, 4.69) is 9.72 Å². The first-order chi connectivity index (χ1) is 9.78. The number of pyridine rings is 1. The van der Waals surface area contributed by atoms with Crippen molar-refractivity contribution in [2.75, 3.05) is 5.73 Å². The quantitative estimate of drug-likeness (QED) is 0.694. The van der Waals surface area contributed by atoms with Gasteiger partial charge in [0, 0.05) is 17.2 Å². The monoisotopic (exact) mass is 299 g/mol. The molecule has 1 aromatic heterocycles. The Kier molecular flexibility index (Phi) is 3.66. The Bertz CT molecular complexity index is 689. The number of nitrogens with two attached hydrogens (primary N) is 1. The maximum atomic E-state index is 12.4. The number of hydrogen-bond donors (Lipinski definition) is 1. The van der Waals surface area contributed by atoms with Crippen molar-refractivity contribution in [3.05, 3.63) is 46.6 Å². The maximum absolute atomic E-state index is 12.4. The highest BCUT2D eigenvalue weighted by Crippen LogP contribution is 2.37. The highest BCUT2D eigenvalue weighted by Gasteiger charge is 2.32. The number of hydrogen-bond acceptors (Lipinski definition) is 5. The number of alkyl halides is 3. The Labute approximate surface area is 116 Å². The standard InChI is InChI=1S/C12H8F3N3O3/c13-12(14,15)21-10-4-2-1-3-8(10)9-5-7(18(19)20)6-17-11(9)16/h1-6H,(H2,16,17). The van der Waals surface area contributed by atoms with Crippen molar-refractivity contribution >= 4 is 11.5 Å². The lowest BCUT2D eigenvalue weighted by Gasteiger charge is -2.13. The molecule has 1 aromatic carbocycles. The van der Waals surface area contributed by atoms with E-state index in [4.69, 9.17) is 5.73 Å². The summed E-state index contributed by atoms with van der Waals surface area (Å²) >= 11 is 0. The van der Waals surface area contributed by atoms with Crippen LogP contribution in [0.25, 0.3) is 11.1 Å². The fourth-order valence-electron chi connectivity index (χ4n) is 1.68. The summed E-state index contributed by atoms with van der Waals surface area (Å²) in [5.74, 6) is -0.655. The Balaban J connectivity index is 2.56. The fraction of sp³-hybridized carbons (Fsp3) is 0.0833. The molecular weight excluding hydrogens is 291 g/mol. The SMILES string of the molecule is Nc1ncc([N+](=O)[O-])cc1-c1ccccc1OC(F)(F)F. The van der Waals surface area contributed by atoms with Crippen LogP contribution in [0, 0.1) is 10.1 Å². The Hall–Kier alpha value is -2.84. The largest absolute Gasteiger partial charge is 0.573 e. The predicted octanol–water partition coefficient (Wildman–Crippen LogP) is 3.14. The number of anilines is 1. The minimum Gasteiger partial charge on any atom is -0.405 e. The number of para-hydroxylation sites is 1. The van der Waals surface area contributed by atoms with Gasteiger partial charge < -0.3 is 10.5 Å². The molecule has 0 fully saturated rings. The van der Waals surface area contributed by atoms with E-state index in [-0.39, 0.29) is 22.6 Å². The lowest BCUT2D eigenvalue weighted by atomic mass is 10.1. The molecule has 110 valence electrons. The topological polar surface area (TPSA) is 91.3 Å². The van der Waals surface area contributed by atoms with Gasteiger partial charge in [-0.25, -0.2) is 4.98 Å². The van der Waals surface area contributed by atoms with Crippen molar-refractivity contribution in [1.29, 1.82) is 0 Å². The molecule has 21 heavy (non-hydrogen) atoms. The second-order valence-corrected chi connectivity index (χ2v) is 3.93. The summed E-state index contributed by atoms with van der Waals surface area (Å²) in [4.78, 5) is 13.6. The van der Waals surface area contributed by atoms with Crippen LogP contribution in [0.2, 0.25) is 0 Å². The third-order valence-electron chi connectivity index (χ3n) is 2.52. The third-order valence-corrected chi connectivity index (χ3v) is 2.52. The van der Waals surface area contributed by atoms with Crippen molar-refractivity contribution in [1.82, 2.24) is 4.98 Å². The van der Waals surface area contributed by atoms with Crippen molar-refractivity contribution < 1.29 is 22.8 Å². The van der Waals surface area contributed by atoms with Crippen LogP contribution in [-0.2, 0) is 0 Å². The molecule has 0 aliphatic heterocycles. The van der Waals surface area contributed by atoms with Crippen molar-refractivity contribution in [3.8, 4) is 16.9 Å². The summed E-state index contributed by atoms with van der Waals surface area (Å²) < 4.78 is 41.0. The summed E-state index contributed by atoms with van der Waals surface area (Å²) in [7, 11) is 0. The first-order valence-corrected chi connectivity index (χ1v) is 5.53. The molecule has 6 nitrogen and oxygen atoms in total. The predicted molar refractivity (Wildman–Crippen MR) is 67.4 cm³/mol. The van der Waals surface area contributed by atoms with Crippen LogP contribution in [0.3, 0.4) is 0 Å². The molecular formula is C12H8F3N3O3. The molecule has 0 spiro atoms. The van der Waals surface area contributed by atoms with Gasteiger partial charge in [-0.2, -0.15) is 0 Å². The number of nitrogens with zero attached hydrogens (tertiary/aromatic N) is 2. The van der Waals surface area contributed by atoms with Crippen LogP contribution in [-0.4, -0.2) is 16.3 Å². The van der Waals surface area contributed by atoms with Gasteiger partial charge in [0.2, 0.25) is 0 Å². The Morgan fingerprint density at radius 2 is 1.90 bits per heavy atom. The van der Waals surface area contributed by atoms with E-state index < -0.39 is 17.0 Å². The van der Waals surface area contributed by atoms with Gasteiger partial charge in [0.25, 0.3) is 5.69 Å². The molecule has 2 aromatic rings. The van der Waals surface area contributed by atoms with Gasteiger partial charge in [-0.3, -0.25) is 10.1 Å². The molecule has 0 amide bonds. The second kappa shape index (κ2) is 5.27. The summed E-state index contributed by atoms with van der Waals surface area (Å²) in [6.07, 6.45) is -3.97. The highest BCUT2D eigenvalue weighted by molar-refractivity contribution is 5.79. The van der Waals surface area contributed by atoms with Crippen molar-refractivity contribution in [2.45, 2.75) is 6.36 Å². The number of ether oxygens (including phenoxy) is 1. The number of nitro groups is 1. The molecule has 2 rings (SSSR count). The number of halogens is 3. The first-order valence-electron chi connectivity index (χ1n) is 5.53. The van der Waals surface area contributed by atoms with Gasteiger partial charge >= 0.3 is 6.36 Å². The minimum absolute atomic E-state index is 0.0101. The molecule has 0 aliphatic rings. The van der Waals surface area contributed by atoms with Gasteiger partial charge in [-0.05, 0) is 6.07 Å². The van der Waals surface area contributed by atoms with E-state index in [0.717, 1.165) is 18.3 Å². The smallest absolute Gasteiger partial charge is 0.405 e. The summed E-state index contributed by atoms with van der Waals surface area (Å²) in [5, 5.41) is 10.7. The average Bonchev–Trinajstić information content (AvgIpc) is 2.38. The lowest BCUT2D eigenvalue weighted by molar-refractivity contribution is -0.385. The zero-order valence-electron chi connectivity index (χ0n) is 10.3. The highest BCUT2D eigenvalue weighted by atomic mass is 19.4. The molecule has 0 radical (unpaired) electrons. The fourth-order valence-corrected chi connectivity index (χ4v) is 1.68. The summed E-state index contributed by atoms with van der Waals surface area (Å²) in [6, 6.07) is 6.22. The molecule has 0 saturated heterocycles. The number of aromatic nitrogens is 1. The van der Waals surface area contributed by atoms with E-state index in [0.29, 0.717) is 0 Å². The Morgan fingerprint density at radius 3 is 2.52 bits per heavy atom. The van der Waals surface area contributed by atoms with E-state index >= 15 is 0 Å². The molecule has 2 N–H and O–H groups in total. The molecule has 0 bridgehead atoms. The number of nitrogen functional groups attached to an aromatic ring is 1. The Morgan fingerprint density at radius 1 is 1.24 bits per heavy atom. The van der Waals surface area contributed by atoms with E-state index in [1.807, 2.05) is 0 Å². The molecule has 0 aliphatic carbocycles. The maximum Gasteiger partial charge on any atom is 0.573 e. The van der Waals surface area contributed by atoms with Crippen LogP contribution in [0.1, 0.15) is 0 Å². The third kappa shape index (κ3) is 3.38. The average molecular weight is 299 g/mol. The molecule has 9 heteroatoms. The minimum atomic E-state index is -4.89. The zero-order valence-corrected chi connectivity index (χ0v) is 10.3. The number of benzene rings is 1. The zero-order chi connectivity index (χ0) is 15.6.